The minimum absolute atomic E-state index is 0.472. The number of rotatable bonds is 5. The zero-order chi connectivity index (χ0) is 15.3. The molecule has 1 rings (SSSR count). The number of carboxylic acid groups (broad SMARTS) is 1. The summed E-state index contributed by atoms with van der Waals surface area (Å²) in [6.07, 6.45) is -0.472. The Morgan fingerprint density at radius 1 is 1.40 bits per heavy atom. The average molecular weight is 344 g/mol. The summed E-state index contributed by atoms with van der Waals surface area (Å²) in [7, 11) is 0. The number of urea groups is 1. The molecule has 3 amide bonds. The first-order valence-corrected chi connectivity index (χ1v) is 6.43. The second-order valence-electron chi connectivity index (χ2n) is 4.12. The monoisotopic (exact) mass is 343 g/mol. The average Bonchev–Trinajstić information content (AvgIpc) is 2.32. The minimum atomic E-state index is -1.36. The van der Waals surface area contributed by atoms with Crippen molar-refractivity contribution in [3.05, 3.63) is 28.2 Å². The lowest BCUT2D eigenvalue weighted by molar-refractivity contribution is -0.140. The standard InChI is InChI=1S/C12H14BrN3O4/c1-6-2-3-7(4-8(6)13)15-12(20)16-9(11(18)19)5-10(14)17/h2-4,9H,5H2,1H3,(H2,14,17)(H,18,19)(H2,15,16,20). The van der Waals surface area contributed by atoms with Crippen molar-refractivity contribution >= 4 is 39.5 Å². The number of carbonyl (C=O) groups is 3. The number of hydrogen-bond acceptors (Lipinski definition) is 3. The molecule has 0 aliphatic rings. The van der Waals surface area contributed by atoms with Gasteiger partial charge in [-0.2, -0.15) is 0 Å². The summed E-state index contributed by atoms with van der Waals surface area (Å²) in [6, 6.07) is 3.05. The van der Waals surface area contributed by atoms with Crippen molar-refractivity contribution in [1.82, 2.24) is 5.32 Å². The van der Waals surface area contributed by atoms with Crippen molar-refractivity contribution in [2.75, 3.05) is 5.32 Å². The van der Waals surface area contributed by atoms with Crippen LogP contribution in [-0.2, 0) is 9.59 Å². The molecule has 1 aromatic rings. The van der Waals surface area contributed by atoms with E-state index in [9.17, 15) is 14.4 Å². The van der Waals surface area contributed by atoms with E-state index in [-0.39, 0.29) is 0 Å². The maximum absolute atomic E-state index is 11.7. The molecule has 7 nitrogen and oxygen atoms in total. The SMILES string of the molecule is Cc1ccc(NC(=O)NC(CC(N)=O)C(=O)O)cc1Br. The maximum Gasteiger partial charge on any atom is 0.326 e. The molecule has 0 aliphatic carbocycles. The van der Waals surface area contributed by atoms with Gasteiger partial charge in [0, 0.05) is 10.2 Å². The van der Waals surface area contributed by atoms with Gasteiger partial charge in [0.05, 0.1) is 6.42 Å². The molecule has 0 saturated carbocycles. The fourth-order valence-electron chi connectivity index (χ4n) is 1.40. The van der Waals surface area contributed by atoms with Gasteiger partial charge < -0.3 is 21.5 Å². The number of aliphatic carboxylic acids is 1. The summed E-state index contributed by atoms with van der Waals surface area (Å²) in [4.78, 5) is 33.2. The molecule has 8 heteroatoms. The highest BCUT2D eigenvalue weighted by Crippen LogP contribution is 2.20. The van der Waals surface area contributed by atoms with Crippen LogP contribution in [0.1, 0.15) is 12.0 Å². The minimum Gasteiger partial charge on any atom is -0.480 e. The fourth-order valence-corrected chi connectivity index (χ4v) is 1.78. The van der Waals surface area contributed by atoms with E-state index in [4.69, 9.17) is 10.8 Å². The molecule has 108 valence electrons. The highest BCUT2D eigenvalue weighted by molar-refractivity contribution is 9.10. The molecule has 1 aromatic carbocycles. The van der Waals surface area contributed by atoms with Gasteiger partial charge in [-0.05, 0) is 24.6 Å². The second kappa shape index (κ2) is 6.90. The predicted octanol–water partition coefficient (Wildman–Crippen LogP) is 1.21. The Hall–Kier alpha value is -2.09. The first-order chi connectivity index (χ1) is 9.29. The second-order valence-corrected chi connectivity index (χ2v) is 4.98. The van der Waals surface area contributed by atoms with Gasteiger partial charge in [-0.1, -0.05) is 22.0 Å². The number of amides is 3. The molecular weight excluding hydrogens is 330 g/mol. The zero-order valence-corrected chi connectivity index (χ0v) is 12.2. The quantitative estimate of drug-likeness (QED) is 0.641. The smallest absolute Gasteiger partial charge is 0.326 e. The molecule has 0 radical (unpaired) electrons. The van der Waals surface area contributed by atoms with Crippen LogP contribution in [0.5, 0.6) is 0 Å². The molecule has 0 aromatic heterocycles. The van der Waals surface area contributed by atoms with Gasteiger partial charge in [0.15, 0.2) is 0 Å². The molecule has 1 atom stereocenters. The number of carboxylic acids is 1. The third-order valence-electron chi connectivity index (χ3n) is 2.44. The molecule has 5 N–H and O–H groups in total. The number of anilines is 1. The first kappa shape index (κ1) is 16.0. The van der Waals surface area contributed by atoms with E-state index in [1.54, 1.807) is 18.2 Å². The zero-order valence-electron chi connectivity index (χ0n) is 10.6. The molecular formula is C12H14BrN3O4. The summed E-state index contributed by atoms with van der Waals surface area (Å²) in [5, 5.41) is 13.5. The van der Waals surface area contributed by atoms with Crippen LogP contribution >= 0.6 is 15.9 Å². The van der Waals surface area contributed by atoms with Crippen LogP contribution in [0.25, 0.3) is 0 Å². The summed E-state index contributed by atoms with van der Waals surface area (Å²) in [5.41, 5.74) is 6.40. The Balaban J connectivity index is 2.67. The van der Waals surface area contributed by atoms with Crippen LogP contribution in [0.3, 0.4) is 0 Å². The van der Waals surface area contributed by atoms with Crippen molar-refractivity contribution in [3.63, 3.8) is 0 Å². The Kier molecular flexibility index (Phi) is 5.51. The van der Waals surface area contributed by atoms with Gasteiger partial charge in [-0.15, -0.1) is 0 Å². The predicted molar refractivity (Wildman–Crippen MR) is 76.3 cm³/mol. The Morgan fingerprint density at radius 2 is 2.05 bits per heavy atom. The summed E-state index contributed by atoms with van der Waals surface area (Å²) in [6.45, 7) is 1.89. The van der Waals surface area contributed by atoms with Crippen LogP contribution < -0.4 is 16.4 Å². The summed E-state index contributed by atoms with van der Waals surface area (Å²) in [5.74, 6) is -2.14. The highest BCUT2D eigenvalue weighted by Gasteiger charge is 2.22. The molecule has 1 unspecified atom stereocenters. The molecule has 0 bridgehead atoms. The van der Waals surface area contributed by atoms with Crippen LogP contribution in [0, 0.1) is 6.92 Å². The lowest BCUT2D eigenvalue weighted by Crippen LogP contribution is -2.45. The third kappa shape index (κ3) is 4.88. The molecule has 0 aliphatic heterocycles. The molecule has 0 fully saturated rings. The summed E-state index contributed by atoms with van der Waals surface area (Å²) >= 11 is 3.32. The van der Waals surface area contributed by atoms with E-state index in [1.165, 1.54) is 0 Å². The first-order valence-electron chi connectivity index (χ1n) is 5.64. The van der Waals surface area contributed by atoms with E-state index in [2.05, 4.69) is 26.6 Å². The molecule has 0 saturated heterocycles. The third-order valence-corrected chi connectivity index (χ3v) is 3.29. The number of aryl methyl sites for hydroxylation is 1. The lowest BCUT2D eigenvalue weighted by Gasteiger charge is -2.14. The van der Waals surface area contributed by atoms with Crippen molar-refractivity contribution in [2.45, 2.75) is 19.4 Å². The number of primary amides is 1. The van der Waals surface area contributed by atoms with Crippen molar-refractivity contribution < 1.29 is 19.5 Å². The topological polar surface area (TPSA) is 122 Å². The number of nitrogens with two attached hydrogens (primary N) is 1. The number of halogens is 1. The number of hydrogen-bond donors (Lipinski definition) is 4. The highest BCUT2D eigenvalue weighted by atomic mass is 79.9. The Labute approximate surface area is 123 Å². The fraction of sp³-hybridized carbons (Fsp3) is 0.250. The largest absolute Gasteiger partial charge is 0.480 e. The summed E-state index contributed by atoms with van der Waals surface area (Å²) < 4.78 is 0.808. The van der Waals surface area contributed by atoms with Crippen molar-refractivity contribution in [1.29, 1.82) is 0 Å². The van der Waals surface area contributed by atoms with Crippen LogP contribution in [-0.4, -0.2) is 29.1 Å². The van der Waals surface area contributed by atoms with Crippen molar-refractivity contribution in [2.24, 2.45) is 5.73 Å². The molecule has 0 spiro atoms. The van der Waals surface area contributed by atoms with Crippen LogP contribution in [0.4, 0.5) is 10.5 Å². The molecule has 0 heterocycles. The number of nitrogens with one attached hydrogen (secondary N) is 2. The van der Waals surface area contributed by atoms with Gasteiger partial charge in [0.2, 0.25) is 5.91 Å². The van der Waals surface area contributed by atoms with Gasteiger partial charge in [-0.25, -0.2) is 9.59 Å². The van der Waals surface area contributed by atoms with E-state index in [0.717, 1.165) is 10.0 Å². The lowest BCUT2D eigenvalue weighted by atomic mass is 10.2. The van der Waals surface area contributed by atoms with Gasteiger partial charge in [-0.3, -0.25) is 4.79 Å². The number of benzene rings is 1. The van der Waals surface area contributed by atoms with Crippen LogP contribution in [0.15, 0.2) is 22.7 Å². The Bertz CT molecular complexity index is 548. The number of carbonyl (C=O) groups excluding carboxylic acids is 2. The normalized spacial score (nSPS) is 11.5. The van der Waals surface area contributed by atoms with E-state index < -0.39 is 30.4 Å². The van der Waals surface area contributed by atoms with Gasteiger partial charge in [0.25, 0.3) is 0 Å². The van der Waals surface area contributed by atoms with Crippen LogP contribution in [0.2, 0.25) is 0 Å². The van der Waals surface area contributed by atoms with E-state index in [0.29, 0.717) is 5.69 Å². The van der Waals surface area contributed by atoms with Gasteiger partial charge in [0.1, 0.15) is 6.04 Å². The Morgan fingerprint density at radius 3 is 2.55 bits per heavy atom. The molecule has 20 heavy (non-hydrogen) atoms. The maximum atomic E-state index is 11.7. The van der Waals surface area contributed by atoms with E-state index in [1.807, 2.05) is 6.92 Å². The van der Waals surface area contributed by atoms with E-state index >= 15 is 0 Å². The van der Waals surface area contributed by atoms with Crippen molar-refractivity contribution in [3.8, 4) is 0 Å². The van der Waals surface area contributed by atoms with Gasteiger partial charge >= 0.3 is 12.0 Å².